The van der Waals surface area contributed by atoms with Gasteiger partial charge in [-0.15, -0.1) is 11.8 Å². The molecule has 1 aliphatic heterocycles. The Labute approximate surface area is 220 Å². The summed E-state index contributed by atoms with van der Waals surface area (Å²) < 4.78 is 44.9. The lowest BCUT2D eigenvalue weighted by Crippen LogP contribution is -2.49. The summed E-state index contributed by atoms with van der Waals surface area (Å²) in [6.45, 7) is 9.47. The van der Waals surface area contributed by atoms with Crippen molar-refractivity contribution in [3.05, 3.63) is 69.9 Å². The van der Waals surface area contributed by atoms with Crippen LogP contribution in [0, 0.1) is 17.3 Å². The first-order valence-electron chi connectivity index (χ1n) is 12.3. The molecule has 2 N–H and O–H groups in total. The molecule has 5 nitrogen and oxygen atoms in total. The molecule has 3 atom stereocenters. The molecule has 3 unspecified atom stereocenters. The summed E-state index contributed by atoms with van der Waals surface area (Å²) in [5.74, 6) is -0.996. The minimum absolute atomic E-state index is 0.0250. The van der Waals surface area contributed by atoms with E-state index >= 15 is 0 Å². The quantitative estimate of drug-likeness (QED) is 0.366. The average Bonchev–Trinajstić information content (AvgIpc) is 3.21. The first-order valence-corrected chi connectivity index (χ1v) is 13.2. The van der Waals surface area contributed by atoms with E-state index in [0.717, 1.165) is 25.0 Å². The Bertz CT molecular complexity index is 1100. The molecule has 2 aliphatic rings. The van der Waals surface area contributed by atoms with E-state index in [1.165, 1.54) is 17.0 Å². The molecule has 1 aromatic rings. The summed E-state index contributed by atoms with van der Waals surface area (Å²) in [6.07, 6.45) is 3.18. The molecule has 0 fully saturated rings. The van der Waals surface area contributed by atoms with Gasteiger partial charge in [0, 0.05) is 5.25 Å². The van der Waals surface area contributed by atoms with Crippen LogP contribution < -0.4 is 5.32 Å². The van der Waals surface area contributed by atoms with Crippen LogP contribution in [-0.4, -0.2) is 28.3 Å². The summed E-state index contributed by atoms with van der Waals surface area (Å²) in [7, 11) is 0. The molecular formula is C28H34F3NO4S. The minimum Gasteiger partial charge on any atom is -0.492 e. The van der Waals surface area contributed by atoms with Crippen molar-refractivity contribution in [1.82, 2.24) is 5.32 Å². The van der Waals surface area contributed by atoms with Gasteiger partial charge in [-0.05, 0) is 52.9 Å². The van der Waals surface area contributed by atoms with Gasteiger partial charge in [0.05, 0.1) is 17.1 Å². The third kappa shape index (κ3) is 7.43. The van der Waals surface area contributed by atoms with E-state index < -0.39 is 35.1 Å². The second kappa shape index (κ2) is 11.4. The topological polar surface area (TPSA) is 75.6 Å². The van der Waals surface area contributed by atoms with Gasteiger partial charge in [-0.3, -0.25) is 4.79 Å². The normalized spacial score (nSPS) is 20.5. The van der Waals surface area contributed by atoms with Gasteiger partial charge in [0.2, 0.25) is 0 Å². The van der Waals surface area contributed by atoms with Crippen molar-refractivity contribution in [3.63, 3.8) is 0 Å². The molecule has 9 heteroatoms. The first-order chi connectivity index (χ1) is 17.2. The number of amides is 1. The number of thioether (sulfide) groups is 1. The van der Waals surface area contributed by atoms with Crippen LogP contribution in [0.4, 0.5) is 13.2 Å². The Hall–Kier alpha value is -2.68. The van der Waals surface area contributed by atoms with E-state index in [1.807, 2.05) is 6.08 Å². The van der Waals surface area contributed by atoms with Gasteiger partial charge in [-0.1, -0.05) is 58.9 Å². The molecule has 1 aromatic carbocycles. The van der Waals surface area contributed by atoms with Crippen molar-refractivity contribution in [2.75, 3.05) is 0 Å². The molecule has 0 aromatic heterocycles. The predicted octanol–water partition coefficient (Wildman–Crippen LogP) is 6.71. The second-order valence-corrected chi connectivity index (χ2v) is 12.2. The van der Waals surface area contributed by atoms with Crippen LogP contribution in [0.3, 0.4) is 0 Å². The van der Waals surface area contributed by atoms with Gasteiger partial charge < -0.3 is 15.2 Å². The maximum Gasteiger partial charge on any atom is 0.416 e. The number of nitrogens with one attached hydrogen (secondary N) is 1. The molecule has 0 radical (unpaired) electrons. The molecule has 0 spiro atoms. The maximum absolute atomic E-state index is 13.3. The number of allylic oxidation sites excluding steroid dienone is 2. The Balaban J connectivity index is 1.90. The van der Waals surface area contributed by atoms with E-state index in [9.17, 15) is 27.9 Å². The summed E-state index contributed by atoms with van der Waals surface area (Å²) in [6, 6.07) is 3.59. The lowest BCUT2D eigenvalue weighted by Gasteiger charge is -2.30. The number of carboxylic acid groups (broad SMARTS) is 1. The van der Waals surface area contributed by atoms with E-state index in [4.69, 9.17) is 4.74 Å². The van der Waals surface area contributed by atoms with Gasteiger partial charge in [0.15, 0.2) is 0 Å². The molecule has 1 heterocycles. The van der Waals surface area contributed by atoms with Crippen molar-refractivity contribution in [2.45, 2.75) is 71.5 Å². The molecule has 0 bridgehead atoms. The highest BCUT2D eigenvalue weighted by Crippen LogP contribution is 2.46. The zero-order valence-corrected chi connectivity index (χ0v) is 22.5. The second-order valence-electron chi connectivity index (χ2n) is 10.9. The number of halogens is 3. The summed E-state index contributed by atoms with van der Waals surface area (Å²) in [4.78, 5) is 26.3. The van der Waals surface area contributed by atoms with Gasteiger partial charge >= 0.3 is 12.1 Å². The largest absolute Gasteiger partial charge is 0.492 e. The number of rotatable bonds is 9. The molecule has 1 amide bonds. The van der Waals surface area contributed by atoms with Gasteiger partial charge in [-0.25, -0.2) is 4.79 Å². The lowest BCUT2D eigenvalue weighted by atomic mass is 9.86. The van der Waals surface area contributed by atoms with Crippen LogP contribution in [0.2, 0.25) is 0 Å². The summed E-state index contributed by atoms with van der Waals surface area (Å²) in [5.41, 5.74) is -0.718. The highest BCUT2D eigenvalue weighted by atomic mass is 32.2. The zero-order chi connectivity index (χ0) is 27.5. The molecule has 3 rings (SSSR count). The number of carbonyl (C=O) groups is 2. The number of hydrogen-bond acceptors (Lipinski definition) is 4. The Morgan fingerprint density at radius 3 is 2.32 bits per heavy atom. The van der Waals surface area contributed by atoms with Crippen molar-refractivity contribution in [3.8, 4) is 0 Å². The van der Waals surface area contributed by atoms with Crippen LogP contribution >= 0.6 is 11.8 Å². The Morgan fingerprint density at radius 1 is 1.14 bits per heavy atom. The first kappa shape index (κ1) is 28.9. The number of benzene rings is 1. The van der Waals surface area contributed by atoms with Crippen LogP contribution in [0.5, 0.6) is 0 Å². The predicted molar refractivity (Wildman–Crippen MR) is 138 cm³/mol. The van der Waals surface area contributed by atoms with Crippen molar-refractivity contribution >= 4 is 23.6 Å². The fourth-order valence-corrected chi connectivity index (χ4v) is 5.48. The average molecular weight is 538 g/mol. The van der Waals surface area contributed by atoms with Crippen LogP contribution in [0.15, 0.2) is 58.7 Å². The standard InChI is InChI=1S/C28H34F3NO4S/c1-16(2)6-11-19-14-21-22(37-19)13-12-20(25(33)32-24(26(34)35)27(3,4)5)23(21)36-15-17-7-9-18(10-8-17)28(29,30)31/h7-10,12-14,16,21-22,24H,6,11,15H2,1-5H3,(H,32,33)(H,34,35). The van der Waals surface area contributed by atoms with Gasteiger partial charge in [0.1, 0.15) is 18.4 Å². The van der Waals surface area contributed by atoms with E-state index in [-0.39, 0.29) is 23.3 Å². The Morgan fingerprint density at radius 2 is 1.78 bits per heavy atom. The van der Waals surface area contributed by atoms with E-state index in [1.54, 1.807) is 38.6 Å². The number of carbonyl (C=O) groups excluding carboxylic acids is 1. The third-order valence-corrected chi connectivity index (χ3v) is 7.67. The van der Waals surface area contributed by atoms with Crippen molar-refractivity contribution in [2.24, 2.45) is 17.3 Å². The molecule has 1 aliphatic carbocycles. The third-order valence-electron chi connectivity index (χ3n) is 6.30. The summed E-state index contributed by atoms with van der Waals surface area (Å²) >= 11 is 1.71. The number of hydrogen-bond donors (Lipinski definition) is 2. The van der Waals surface area contributed by atoms with Crippen molar-refractivity contribution in [1.29, 1.82) is 0 Å². The Kier molecular flexibility index (Phi) is 8.88. The van der Waals surface area contributed by atoms with E-state index in [2.05, 4.69) is 25.2 Å². The molecule has 0 saturated carbocycles. The van der Waals surface area contributed by atoms with Crippen LogP contribution in [-0.2, 0) is 27.1 Å². The smallest absolute Gasteiger partial charge is 0.416 e. The fourth-order valence-electron chi connectivity index (χ4n) is 4.16. The maximum atomic E-state index is 13.3. The molecule has 37 heavy (non-hydrogen) atoms. The summed E-state index contributed by atoms with van der Waals surface area (Å²) in [5, 5.41) is 12.3. The number of carboxylic acids is 1. The van der Waals surface area contributed by atoms with Gasteiger partial charge in [-0.2, -0.15) is 13.2 Å². The van der Waals surface area contributed by atoms with Crippen molar-refractivity contribution < 1.29 is 32.6 Å². The fraction of sp³-hybridized carbons (Fsp3) is 0.500. The number of aliphatic carboxylic acids is 1. The SMILES string of the molecule is CC(C)CCC1=CC2C(OCc3ccc(C(F)(F)F)cc3)=C(C(=O)NC(C(=O)O)C(C)(C)C)C=CC2S1. The minimum atomic E-state index is -4.43. The molecule has 0 saturated heterocycles. The molecule has 202 valence electrons. The zero-order valence-electron chi connectivity index (χ0n) is 21.7. The lowest BCUT2D eigenvalue weighted by molar-refractivity contribution is -0.144. The van der Waals surface area contributed by atoms with Crippen LogP contribution in [0.1, 0.15) is 58.6 Å². The van der Waals surface area contributed by atoms with Crippen LogP contribution in [0.25, 0.3) is 0 Å². The van der Waals surface area contributed by atoms with E-state index in [0.29, 0.717) is 17.2 Å². The molecular weight excluding hydrogens is 503 g/mol. The van der Waals surface area contributed by atoms with Gasteiger partial charge in [0.25, 0.3) is 5.91 Å². The monoisotopic (exact) mass is 537 g/mol. The number of fused-ring (bicyclic) bond motifs is 1. The highest BCUT2D eigenvalue weighted by Gasteiger charge is 2.39. The number of ether oxygens (including phenoxy) is 1. The number of alkyl halides is 3. The highest BCUT2D eigenvalue weighted by molar-refractivity contribution is 8.04.